The van der Waals surface area contributed by atoms with Crippen molar-refractivity contribution in [2.24, 2.45) is 0 Å². The summed E-state index contributed by atoms with van der Waals surface area (Å²) in [7, 11) is 0. The number of benzene rings is 3. The molecule has 1 N–H and O–H groups in total. The highest BCUT2D eigenvalue weighted by atomic mass is 16.4. The van der Waals surface area contributed by atoms with Crippen LogP contribution in [0.5, 0.6) is 0 Å². The van der Waals surface area contributed by atoms with Crippen molar-refractivity contribution in [1.82, 2.24) is 4.98 Å². The third-order valence-electron chi connectivity index (χ3n) is 4.00. The Morgan fingerprint density at radius 3 is 2.31 bits per heavy atom. The Hall–Kier alpha value is -3.53. The van der Waals surface area contributed by atoms with E-state index in [1.54, 1.807) is 12.1 Å². The van der Waals surface area contributed by atoms with Gasteiger partial charge in [0, 0.05) is 16.6 Å². The highest BCUT2D eigenvalue weighted by Crippen LogP contribution is 2.17. The maximum Gasteiger partial charge on any atom is 0.337 e. The Morgan fingerprint density at radius 1 is 0.885 bits per heavy atom. The fraction of sp³-hybridized carbons (Fsp3) is 0.0455. The van der Waals surface area contributed by atoms with Crippen LogP contribution < -0.4 is 0 Å². The second-order valence-electron chi connectivity index (χ2n) is 5.86. The summed E-state index contributed by atoms with van der Waals surface area (Å²) in [4.78, 5) is 25.6. The molecule has 0 amide bonds. The number of fused-ring (bicyclic) bond motifs is 2. The van der Waals surface area contributed by atoms with Gasteiger partial charge in [0.1, 0.15) is 6.29 Å². The molecule has 4 rings (SSSR count). The molecule has 26 heavy (non-hydrogen) atoms. The van der Waals surface area contributed by atoms with E-state index < -0.39 is 5.97 Å². The van der Waals surface area contributed by atoms with Crippen LogP contribution in [0, 0.1) is 6.92 Å². The number of carbonyl (C=O) groups is 2. The van der Waals surface area contributed by atoms with Gasteiger partial charge in [-0.15, -0.1) is 0 Å². The van der Waals surface area contributed by atoms with Gasteiger partial charge in [0.05, 0.1) is 11.1 Å². The molecule has 1 aromatic heterocycles. The molecule has 0 aliphatic heterocycles. The van der Waals surface area contributed by atoms with Gasteiger partial charge in [-0.25, -0.2) is 4.79 Å². The van der Waals surface area contributed by atoms with Gasteiger partial charge in [0.25, 0.3) is 0 Å². The van der Waals surface area contributed by atoms with Crippen LogP contribution in [0.4, 0.5) is 0 Å². The van der Waals surface area contributed by atoms with Crippen LogP contribution in [0.25, 0.3) is 21.7 Å². The minimum atomic E-state index is -0.936. The molecule has 4 nitrogen and oxygen atoms in total. The number of aromatic carboxylic acids is 1. The van der Waals surface area contributed by atoms with E-state index in [9.17, 15) is 9.59 Å². The number of nitrogens with zero attached hydrogens (tertiary/aromatic N) is 1. The van der Waals surface area contributed by atoms with Crippen molar-refractivity contribution in [1.29, 1.82) is 0 Å². The van der Waals surface area contributed by atoms with E-state index in [-0.39, 0.29) is 5.56 Å². The van der Waals surface area contributed by atoms with E-state index in [1.807, 2.05) is 67.6 Å². The maximum absolute atomic E-state index is 10.9. The molecular formula is C22H17NO3. The van der Waals surface area contributed by atoms with Crippen LogP contribution in [-0.4, -0.2) is 22.3 Å². The van der Waals surface area contributed by atoms with E-state index in [1.165, 1.54) is 5.39 Å². The van der Waals surface area contributed by atoms with E-state index in [4.69, 9.17) is 5.11 Å². The lowest BCUT2D eigenvalue weighted by Crippen LogP contribution is -1.99. The summed E-state index contributed by atoms with van der Waals surface area (Å²) in [6, 6.07) is 22.6. The quantitative estimate of drug-likeness (QED) is 0.526. The fourth-order valence-electron chi connectivity index (χ4n) is 2.70. The number of para-hydroxylation sites is 1. The van der Waals surface area contributed by atoms with Crippen molar-refractivity contribution < 1.29 is 14.7 Å². The van der Waals surface area contributed by atoms with Crippen molar-refractivity contribution in [3.8, 4) is 0 Å². The molecule has 0 aliphatic carbocycles. The van der Waals surface area contributed by atoms with E-state index in [0.29, 0.717) is 5.52 Å². The first-order valence-electron chi connectivity index (χ1n) is 8.12. The third kappa shape index (κ3) is 3.75. The molecule has 4 heteroatoms. The average molecular weight is 343 g/mol. The topological polar surface area (TPSA) is 67.3 Å². The first-order chi connectivity index (χ1) is 12.6. The van der Waals surface area contributed by atoms with Gasteiger partial charge in [-0.3, -0.25) is 9.78 Å². The molecule has 0 saturated heterocycles. The SMILES string of the molecule is Cc1ccc2cccc(C(=O)O)c2n1.O=Cc1ccc2ccccc2c1. The van der Waals surface area contributed by atoms with Gasteiger partial charge in [-0.1, -0.05) is 54.6 Å². The summed E-state index contributed by atoms with van der Waals surface area (Å²) >= 11 is 0. The third-order valence-corrected chi connectivity index (χ3v) is 4.00. The first-order valence-corrected chi connectivity index (χ1v) is 8.12. The predicted octanol–water partition coefficient (Wildman–Crippen LogP) is 4.89. The number of rotatable bonds is 2. The first kappa shape index (κ1) is 17.3. The number of aromatic nitrogens is 1. The minimum Gasteiger partial charge on any atom is -0.478 e. The lowest BCUT2D eigenvalue weighted by molar-refractivity contribution is 0.0698. The largest absolute Gasteiger partial charge is 0.478 e. The maximum atomic E-state index is 10.9. The Morgan fingerprint density at radius 2 is 1.58 bits per heavy atom. The monoisotopic (exact) mass is 343 g/mol. The number of aldehydes is 1. The van der Waals surface area contributed by atoms with E-state index in [2.05, 4.69) is 4.98 Å². The van der Waals surface area contributed by atoms with Crippen molar-refractivity contribution >= 4 is 33.9 Å². The van der Waals surface area contributed by atoms with Crippen molar-refractivity contribution in [2.45, 2.75) is 6.92 Å². The number of aryl methyl sites for hydroxylation is 1. The van der Waals surface area contributed by atoms with Crippen LogP contribution in [0.1, 0.15) is 26.4 Å². The highest BCUT2D eigenvalue weighted by molar-refractivity contribution is 6.01. The zero-order chi connectivity index (χ0) is 18.5. The zero-order valence-corrected chi connectivity index (χ0v) is 14.2. The molecule has 0 unspecified atom stereocenters. The van der Waals surface area contributed by atoms with Crippen molar-refractivity contribution in [3.05, 3.63) is 89.6 Å². The normalized spacial score (nSPS) is 10.2. The smallest absolute Gasteiger partial charge is 0.337 e. The lowest BCUT2D eigenvalue weighted by atomic mass is 10.1. The molecule has 1 heterocycles. The molecule has 0 aliphatic rings. The number of carboxylic acid groups (broad SMARTS) is 1. The number of pyridine rings is 1. The molecular weight excluding hydrogens is 326 g/mol. The van der Waals surface area contributed by atoms with Gasteiger partial charge in [-0.05, 0) is 35.9 Å². The highest BCUT2D eigenvalue weighted by Gasteiger charge is 2.08. The molecule has 0 fully saturated rings. The van der Waals surface area contributed by atoms with Crippen LogP contribution in [0.2, 0.25) is 0 Å². The standard InChI is InChI=1S/C11H9NO2.C11H8O/c1-7-5-6-8-3-2-4-9(11(13)14)10(8)12-7;12-8-9-5-6-10-3-1-2-4-11(10)7-9/h2-6H,1H3,(H,13,14);1-8H. The van der Waals surface area contributed by atoms with E-state index >= 15 is 0 Å². The van der Waals surface area contributed by atoms with Gasteiger partial charge in [-0.2, -0.15) is 0 Å². The van der Waals surface area contributed by atoms with Crippen LogP contribution >= 0.6 is 0 Å². The summed E-state index contributed by atoms with van der Waals surface area (Å²) < 4.78 is 0. The molecule has 4 aromatic rings. The summed E-state index contributed by atoms with van der Waals surface area (Å²) in [5.41, 5.74) is 2.37. The summed E-state index contributed by atoms with van der Waals surface area (Å²) in [6.45, 7) is 1.85. The van der Waals surface area contributed by atoms with Crippen LogP contribution in [-0.2, 0) is 0 Å². The molecule has 0 spiro atoms. The number of hydrogen-bond donors (Lipinski definition) is 1. The van der Waals surface area contributed by atoms with Gasteiger partial charge in [0.15, 0.2) is 0 Å². The molecule has 128 valence electrons. The number of carboxylic acids is 1. The second-order valence-corrected chi connectivity index (χ2v) is 5.86. The average Bonchev–Trinajstić information content (AvgIpc) is 2.67. The second kappa shape index (κ2) is 7.57. The summed E-state index contributed by atoms with van der Waals surface area (Å²) in [5, 5.41) is 12.1. The van der Waals surface area contributed by atoms with E-state index in [0.717, 1.165) is 28.3 Å². The van der Waals surface area contributed by atoms with Gasteiger partial charge in [0.2, 0.25) is 0 Å². The summed E-state index contributed by atoms with van der Waals surface area (Å²) in [5.74, 6) is -0.936. The van der Waals surface area contributed by atoms with Gasteiger partial charge < -0.3 is 5.11 Å². The zero-order valence-electron chi connectivity index (χ0n) is 14.2. The molecule has 0 bridgehead atoms. The van der Waals surface area contributed by atoms with Crippen LogP contribution in [0.15, 0.2) is 72.8 Å². The molecule has 0 atom stereocenters. The Kier molecular flexibility index (Phi) is 5.04. The van der Waals surface area contributed by atoms with Crippen molar-refractivity contribution in [3.63, 3.8) is 0 Å². The minimum absolute atomic E-state index is 0.256. The Bertz CT molecular complexity index is 1100. The lowest BCUT2D eigenvalue weighted by Gasteiger charge is -2.01. The predicted molar refractivity (Wildman–Crippen MR) is 103 cm³/mol. The van der Waals surface area contributed by atoms with Crippen molar-refractivity contribution in [2.75, 3.05) is 0 Å². The molecule has 0 radical (unpaired) electrons. The van der Waals surface area contributed by atoms with Gasteiger partial charge >= 0.3 is 5.97 Å². The fourth-order valence-corrected chi connectivity index (χ4v) is 2.70. The Labute approximate surface area is 150 Å². The summed E-state index contributed by atoms with van der Waals surface area (Å²) in [6.07, 6.45) is 0.867. The number of carbonyl (C=O) groups excluding carboxylic acids is 1. The molecule has 3 aromatic carbocycles. The van der Waals surface area contributed by atoms with Crippen LogP contribution in [0.3, 0.4) is 0 Å². The molecule has 0 saturated carbocycles. The Balaban J connectivity index is 0.000000152. The number of hydrogen-bond acceptors (Lipinski definition) is 3.